The molecular weight excluding hydrogens is 433 g/mol. The van der Waals surface area contributed by atoms with Crippen LogP contribution in [0.2, 0.25) is 0 Å². The van der Waals surface area contributed by atoms with Gasteiger partial charge in [-0.05, 0) is 86.2 Å². The number of carbonyl (C=O) groups excluding carboxylic acids is 1. The van der Waals surface area contributed by atoms with Gasteiger partial charge in [0, 0.05) is 14.7 Å². The van der Waals surface area contributed by atoms with E-state index in [9.17, 15) is 18.0 Å². The molecule has 0 aliphatic carbocycles. The summed E-state index contributed by atoms with van der Waals surface area (Å²) >= 11 is 0. The van der Waals surface area contributed by atoms with Crippen LogP contribution in [0.15, 0.2) is 69.3 Å². The first kappa shape index (κ1) is 23.9. The lowest BCUT2D eigenvalue weighted by molar-refractivity contribution is -0.188. The molecule has 0 N–H and O–H groups in total. The predicted octanol–water partition coefficient (Wildman–Crippen LogP) is 7.84. The maximum Gasteiger partial charge on any atom is 0.491 e. The van der Waals surface area contributed by atoms with Crippen molar-refractivity contribution in [2.24, 2.45) is 0 Å². The lowest BCUT2D eigenvalue weighted by Gasteiger charge is -2.43. The van der Waals surface area contributed by atoms with Crippen molar-refractivity contribution < 1.29 is 22.1 Å². The summed E-state index contributed by atoms with van der Waals surface area (Å²) in [6.45, 7) is 11.3. The number of rotatable bonds is 4. The van der Waals surface area contributed by atoms with Crippen LogP contribution < -0.4 is 0 Å². The number of alkyl halides is 3. The second kappa shape index (κ2) is 8.66. The molecule has 0 aromatic heterocycles. The SMILES string of the molecule is Cc1cc(C)c(S(OC(=O)C(F)(F)F)(c2ccccc2)c2c(C)cc(C)cc2C)c(C)c1. The van der Waals surface area contributed by atoms with Crippen molar-refractivity contribution in [2.45, 2.75) is 62.4 Å². The Balaban J connectivity index is 2.56. The molecule has 0 aliphatic heterocycles. The zero-order valence-electron chi connectivity index (χ0n) is 19.1. The molecule has 0 spiro atoms. The van der Waals surface area contributed by atoms with Gasteiger partial charge in [-0.2, -0.15) is 13.2 Å². The summed E-state index contributed by atoms with van der Waals surface area (Å²) in [6, 6.07) is 16.5. The van der Waals surface area contributed by atoms with E-state index in [-0.39, 0.29) is 0 Å². The smallest absolute Gasteiger partial charge is 0.395 e. The van der Waals surface area contributed by atoms with E-state index in [4.69, 9.17) is 4.18 Å². The molecule has 0 heterocycles. The third-order valence-electron chi connectivity index (χ3n) is 5.29. The normalized spacial score (nSPS) is 12.5. The van der Waals surface area contributed by atoms with E-state index in [0.29, 0.717) is 14.7 Å². The lowest BCUT2D eigenvalue weighted by Crippen LogP contribution is -2.28. The molecule has 0 radical (unpaired) electrons. The minimum Gasteiger partial charge on any atom is -0.395 e. The minimum atomic E-state index is -5.12. The van der Waals surface area contributed by atoms with Crippen LogP contribution in [0.5, 0.6) is 0 Å². The molecule has 32 heavy (non-hydrogen) atoms. The molecule has 0 bridgehead atoms. The molecule has 0 unspecified atom stereocenters. The number of hydrogen-bond acceptors (Lipinski definition) is 2. The van der Waals surface area contributed by atoms with Gasteiger partial charge in [0.1, 0.15) is 0 Å². The summed E-state index contributed by atoms with van der Waals surface area (Å²) in [5, 5.41) is 0. The third-order valence-corrected chi connectivity index (χ3v) is 9.07. The van der Waals surface area contributed by atoms with E-state index in [1.807, 2.05) is 65.8 Å². The second-order valence-electron chi connectivity index (χ2n) is 8.19. The molecule has 3 rings (SSSR count). The molecule has 6 heteroatoms. The van der Waals surface area contributed by atoms with Gasteiger partial charge < -0.3 is 4.18 Å². The fourth-order valence-corrected chi connectivity index (χ4v) is 8.33. The van der Waals surface area contributed by atoms with Gasteiger partial charge in [-0.1, -0.05) is 53.6 Å². The number of carbonyl (C=O) groups is 1. The van der Waals surface area contributed by atoms with E-state index in [2.05, 4.69) is 0 Å². The van der Waals surface area contributed by atoms with Crippen molar-refractivity contribution in [1.82, 2.24) is 0 Å². The summed E-state index contributed by atoms with van der Waals surface area (Å²) in [4.78, 5) is 14.3. The summed E-state index contributed by atoms with van der Waals surface area (Å²) in [6.07, 6.45) is -5.12. The highest BCUT2D eigenvalue weighted by Crippen LogP contribution is 2.72. The van der Waals surface area contributed by atoms with E-state index < -0.39 is 22.5 Å². The zero-order valence-corrected chi connectivity index (χ0v) is 19.9. The summed E-state index contributed by atoms with van der Waals surface area (Å²) in [5.41, 5.74) is 5.13. The van der Waals surface area contributed by atoms with Gasteiger partial charge in [0.2, 0.25) is 0 Å². The molecule has 0 saturated heterocycles. The molecule has 0 fully saturated rings. The van der Waals surface area contributed by atoms with Crippen LogP contribution >= 0.6 is 10.3 Å². The molecule has 170 valence electrons. The first-order valence-corrected chi connectivity index (χ1v) is 11.8. The standard InChI is InChI=1S/C26H27F3O2S/c1-16-12-18(3)23(19(4)13-16)32(22-10-8-7-9-11-22,31-25(30)26(27,28)29)24-20(5)14-17(2)15-21(24)6/h7-15H,1-6H3. The minimum absolute atomic E-state index is 0.544. The first-order chi connectivity index (χ1) is 14.9. The Morgan fingerprint density at radius 2 is 1.09 bits per heavy atom. The second-order valence-corrected chi connectivity index (χ2v) is 10.8. The highest BCUT2D eigenvalue weighted by Gasteiger charge is 2.48. The number of hydrogen-bond donors (Lipinski definition) is 0. The Labute approximate surface area is 189 Å². The Morgan fingerprint density at radius 3 is 1.44 bits per heavy atom. The summed E-state index contributed by atoms with van der Waals surface area (Å²) in [5.74, 6) is -2.19. The average Bonchev–Trinajstić information content (AvgIpc) is 2.65. The quantitative estimate of drug-likeness (QED) is 0.396. The van der Waals surface area contributed by atoms with E-state index in [1.54, 1.807) is 30.3 Å². The monoisotopic (exact) mass is 460 g/mol. The Morgan fingerprint density at radius 1 is 0.719 bits per heavy atom. The molecule has 0 saturated carbocycles. The molecule has 0 amide bonds. The summed E-state index contributed by atoms with van der Waals surface area (Å²) < 4.78 is 46.5. The topological polar surface area (TPSA) is 26.3 Å². The average molecular weight is 461 g/mol. The van der Waals surface area contributed by atoms with Crippen molar-refractivity contribution >= 4 is 16.3 Å². The van der Waals surface area contributed by atoms with Crippen molar-refractivity contribution in [3.8, 4) is 0 Å². The Bertz CT molecular complexity index is 1060. The molecule has 3 aromatic carbocycles. The first-order valence-electron chi connectivity index (χ1n) is 10.2. The number of benzene rings is 3. The van der Waals surface area contributed by atoms with Gasteiger partial charge in [-0.15, -0.1) is 0 Å². The maximum atomic E-state index is 13.6. The van der Waals surface area contributed by atoms with E-state index in [0.717, 1.165) is 33.4 Å². The number of halogens is 3. The van der Waals surface area contributed by atoms with Crippen LogP contribution in [-0.2, 0) is 8.98 Å². The maximum absolute atomic E-state index is 13.6. The van der Waals surface area contributed by atoms with Gasteiger partial charge in [0.05, 0.1) is 0 Å². The molecular formula is C26H27F3O2S. The Hall–Kier alpha value is -2.73. The largest absolute Gasteiger partial charge is 0.491 e. The molecule has 0 aliphatic rings. The lowest BCUT2D eigenvalue weighted by atomic mass is 10.1. The van der Waals surface area contributed by atoms with Gasteiger partial charge in [0.25, 0.3) is 0 Å². The van der Waals surface area contributed by atoms with Gasteiger partial charge in [-0.3, -0.25) is 0 Å². The van der Waals surface area contributed by atoms with Crippen molar-refractivity contribution in [3.63, 3.8) is 0 Å². The van der Waals surface area contributed by atoms with E-state index in [1.165, 1.54) is 0 Å². The highest BCUT2D eigenvalue weighted by molar-refractivity contribution is 8.30. The van der Waals surface area contributed by atoms with Gasteiger partial charge in [0.15, 0.2) is 0 Å². The van der Waals surface area contributed by atoms with Crippen LogP contribution in [0, 0.1) is 41.5 Å². The van der Waals surface area contributed by atoms with Crippen molar-refractivity contribution in [3.05, 3.63) is 88.0 Å². The van der Waals surface area contributed by atoms with Gasteiger partial charge >= 0.3 is 12.1 Å². The fraction of sp³-hybridized carbons (Fsp3) is 0.269. The van der Waals surface area contributed by atoms with Crippen LogP contribution in [0.1, 0.15) is 33.4 Å². The molecule has 0 atom stereocenters. The van der Waals surface area contributed by atoms with Crippen molar-refractivity contribution in [1.29, 1.82) is 0 Å². The van der Waals surface area contributed by atoms with Crippen LogP contribution in [0.4, 0.5) is 13.2 Å². The molecule has 2 nitrogen and oxygen atoms in total. The fourth-order valence-electron chi connectivity index (χ4n) is 4.48. The predicted molar refractivity (Wildman–Crippen MR) is 122 cm³/mol. The van der Waals surface area contributed by atoms with E-state index >= 15 is 0 Å². The number of aryl methyl sites for hydroxylation is 6. The van der Waals surface area contributed by atoms with Crippen molar-refractivity contribution in [2.75, 3.05) is 0 Å². The Kier molecular flexibility index (Phi) is 6.47. The van der Waals surface area contributed by atoms with Crippen LogP contribution in [0.3, 0.4) is 0 Å². The molecule has 3 aromatic rings. The van der Waals surface area contributed by atoms with Crippen LogP contribution in [0.25, 0.3) is 0 Å². The zero-order chi connectivity index (χ0) is 23.8. The third kappa shape index (κ3) is 4.29. The van der Waals surface area contributed by atoms with Crippen LogP contribution in [-0.4, -0.2) is 12.1 Å². The highest BCUT2D eigenvalue weighted by atomic mass is 32.3. The summed E-state index contributed by atoms with van der Waals surface area (Å²) in [7, 11) is -3.04. The van der Waals surface area contributed by atoms with Gasteiger partial charge in [-0.25, -0.2) is 4.79 Å².